The predicted molar refractivity (Wildman–Crippen MR) is 132 cm³/mol. The highest BCUT2D eigenvalue weighted by atomic mass is 16.6. The van der Waals surface area contributed by atoms with Crippen molar-refractivity contribution in [3.8, 4) is 17.1 Å². The molecule has 1 unspecified atom stereocenters. The smallest absolute Gasteiger partial charge is 0.155 e. The maximum atomic E-state index is 10.00. The lowest BCUT2D eigenvalue weighted by Gasteiger charge is -2.17. The Kier molecular flexibility index (Phi) is 7.31. The molecule has 0 saturated heterocycles. The van der Waals surface area contributed by atoms with Gasteiger partial charge in [0.25, 0.3) is 0 Å². The zero-order valence-corrected chi connectivity index (χ0v) is 19.9. The third-order valence-corrected chi connectivity index (χ3v) is 6.59. The van der Waals surface area contributed by atoms with Gasteiger partial charge in [0.05, 0.1) is 12.3 Å². The second-order valence-electron chi connectivity index (χ2n) is 8.69. The molecular formula is C28H34N2O3. The summed E-state index contributed by atoms with van der Waals surface area (Å²) in [5, 5.41) is 10.00. The number of benzene rings is 2. The quantitative estimate of drug-likeness (QED) is 0.422. The van der Waals surface area contributed by atoms with Crippen LogP contribution in [0.25, 0.3) is 17.5 Å². The molecule has 5 heteroatoms. The number of nitrogens with zero attached hydrogens (tertiary/aromatic N) is 2. The highest BCUT2D eigenvalue weighted by Crippen LogP contribution is 2.38. The number of ether oxygens (including phenoxy) is 2. The van der Waals surface area contributed by atoms with Gasteiger partial charge in [0.1, 0.15) is 11.6 Å². The molecule has 3 aromatic rings. The summed E-state index contributed by atoms with van der Waals surface area (Å²) in [5.74, 6) is 2.22. The van der Waals surface area contributed by atoms with Gasteiger partial charge in [-0.3, -0.25) is 0 Å². The molecule has 5 nitrogen and oxygen atoms in total. The lowest BCUT2D eigenvalue weighted by Crippen LogP contribution is -2.15. The molecule has 0 bridgehead atoms. The van der Waals surface area contributed by atoms with Crippen LogP contribution in [0.2, 0.25) is 0 Å². The van der Waals surface area contributed by atoms with E-state index < -0.39 is 6.29 Å². The van der Waals surface area contributed by atoms with E-state index in [-0.39, 0.29) is 0 Å². The number of hydrogen-bond acceptors (Lipinski definition) is 4. The summed E-state index contributed by atoms with van der Waals surface area (Å²) in [7, 11) is 2.07. The lowest BCUT2D eigenvalue weighted by molar-refractivity contribution is -0.102. The summed E-state index contributed by atoms with van der Waals surface area (Å²) in [5.41, 5.74) is 7.06. The molecule has 1 aromatic heterocycles. The summed E-state index contributed by atoms with van der Waals surface area (Å²) < 4.78 is 13.6. The molecule has 0 spiro atoms. The molecule has 4 rings (SSSR count). The van der Waals surface area contributed by atoms with Crippen molar-refractivity contribution in [2.45, 2.75) is 51.7 Å². The Morgan fingerprint density at radius 2 is 2.03 bits per heavy atom. The van der Waals surface area contributed by atoms with Crippen molar-refractivity contribution in [1.82, 2.24) is 9.55 Å². The highest BCUT2D eigenvalue weighted by Gasteiger charge is 2.25. The number of aryl methyl sites for hydroxylation is 2. The predicted octanol–water partition coefficient (Wildman–Crippen LogP) is 5.43. The van der Waals surface area contributed by atoms with E-state index in [0.717, 1.165) is 47.7 Å². The number of hydrogen-bond donors (Lipinski definition) is 1. The van der Waals surface area contributed by atoms with Crippen molar-refractivity contribution in [3.05, 3.63) is 77.1 Å². The summed E-state index contributed by atoms with van der Waals surface area (Å²) in [6.45, 7) is 8.92. The van der Waals surface area contributed by atoms with Gasteiger partial charge < -0.3 is 19.1 Å². The van der Waals surface area contributed by atoms with Crippen LogP contribution in [0, 0.1) is 6.92 Å². The first kappa shape index (κ1) is 23.3. The van der Waals surface area contributed by atoms with Gasteiger partial charge in [0, 0.05) is 37.8 Å². The second kappa shape index (κ2) is 10.4. The van der Waals surface area contributed by atoms with E-state index in [9.17, 15) is 5.11 Å². The first-order chi connectivity index (χ1) is 16.0. The average molecular weight is 447 g/mol. The number of aliphatic hydroxyl groups excluding tert-OH is 1. The van der Waals surface area contributed by atoms with Crippen LogP contribution in [0.15, 0.2) is 49.0 Å². The van der Waals surface area contributed by atoms with Crippen molar-refractivity contribution in [3.63, 3.8) is 0 Å². The molecule has 0 saturated carbocycles. The van der Waals surface area contributed by atoms with Gasteiger partial charge in [-0.1, -0.05) is 43.0 Å². The fourth-order valence-electron chi connectivity index (χ4n) is 4.83. The van der Waals surface area contributed by atoms with Crippen LogP contribution >= 0.6 is 0 Å². The van der Waals surface area contributed by atoms with E-state index in [1.54, 1.807) is 0 Å². The fraction of sp³-hybridized carbons (Fsp3) is 0.393. The number of fused-ring (bicyclic) bond motifs is 1. The first-order valence-electron chi connectivity index (χ1n) is 11.8. The Morgan fingerprint density at radius 1 is 1.24 bits per heavy atom. The van der Waals surface area contributed by atoms with E-state index in [1.807, 2.05) is 19.1 Å². The van der Waals surface area contributed by atoms with E-state index in [0.29, 0.717) is 25.6 Å². The molecule has 0 aliphatic heterocycles. The number of aromatic nitrogens is 2. The van der Waals surface area contributed by atoms with Gasteiger partial charge in [0.2, 0.25) is 0 Å². The SMILES string of the molecule is C=Cc1ccc(-c2nc(C)c(CCOc3ccc4c(c3)CC[C@H]4CC(O)OCC)n2C)cc1. The Balaban J connectivity index is 1.38. The van der Waals surface area contributed by atoms with Crippen LogP contribution in [-0.2, 0) is 24.6 Å². The maximum Gasteiger partial charge on any atom is 0.155 e. The molecule has 1 N–H and O–H groups in total. The molecule has 33 heavy (non-hydrogen) atoms. The van der Waals surface area contributed by atoms with E-state index >= 15 is 0 Å². The van der Waals surface area contributed by atoms with Crippen molar-refractivity contribution in [1.29, 1.82) is 0 Å². The van der Waals surface area contributed by atoms with Crippen LogP contribution in [0.5, 0.6) is 5.75 Å². The molecule has 0 radical (unpaired) electrons. The van der Waals surface area contributed by atoms with Gasteiger partial charge in [-0.15, -0.1) is 0 Å². The molecule has 174 valence electrons. The molecule has 2 aromatic carbocycles. The Morgan fingerprint density at radius 3 is 2.76 bits per heavy atom. The molecule has 0 fully saturated rings. The summed E-state index contributed by atoms with van der Waals surface area (Å²) in [4.78, 5) is 4.80. The third-order valence-electron chi connectivity index (χ3n) is 6.59. The van der Waals surface area contributed by atoms with E-state index in [2.05, 4.69) is 61.5 Å². The van der Waals surface area contributed by atoms with Gasteiger partial charge in [-0.05, 0) is 61.4 Å². The zero-order valence-electron chi connectivity index (χ0n) is 19.9. The molecule has 2 atom stereocenters. The fourth-order valence-corrected chi connectivity index (χ4v) is 4.83. The van der Waals surface area contributed by atoms with Gasteiger partial charge >= 0.3 is 0 Å². The van der Waals surface area contributed by atoms with Crippen LogP contribution in [0.4, 0.5) is 0 Å². The monoisotopic (exact) mass is 446 g/mol. The van der Waals surface area contributed by atoms with E-state index in [4.69, 9.17) is 14.5 Å². The zero-order chi connectivity index (χ0) is 23.4. The van der Waals surface area contributed by atoms with Crippen molar-refractivity contribution in [2.75, 3.05) is 13.2 Å². The normalized spacial score (nSPS) is 15.9. The minimum atomic E-state index is -0.686. The number of aliphatic hydroxyl groups is 1. The highest BCUT2D eigenvalue weighted by molar-refractivity contribution is 5.60. The van der Waals surface area contributed by atoms with Crippen molar-refractivity contribution >= 4 is 6.08 Å². The van der Waals surface area contributed by atoms with Crippen molar-refractivity contribution in [2.24, 2.45) is 7.05 Å². The number of rotatable bonds is 10. The molecule has 1 heterocycles. The maximum absolute atomic E-state index is 10.00. The minimum absolute atomic E-state index is 0.353. The molecule has 0 amide bonds. The van der Waals surface area contributed by atoms with Gasteiger partial charge in [-0.2, -0.15) is 0 Å². The molecular weight excluding hydrogens is 412 g/mol. The lowest BCUT2D eigenvalue weighted by atomic mass is 9.97. The minimum Gasteiger partial charge on any atom is -0.493 e. The third kappa shape index (κ3) is 5.21. The second-order valence-corrected chi connectivity index (χ2v) is 8.69. The molecule has 1 aliphatic rings. The summed E-state index contributed by atoms with van der Waals surface area (Å²) in [6, 6.07) is 14.7. The van der Waals surface area contributed by atoms with Crippen LogP contribution in [0.1, 0.15) is 53.8 Å². The Hall–Kier alpha value is -2.89. The van der Waals surface area contributed by atoms with Crippen LogP contribution in [-0.4, -0.2) is 34.2 Å². The van der Waals surface area contributed by atoms with Gasteiger partial charge in [0.15, 0.2) is 6.29 Å². The van der Waals surface area contributed by atoms with Gasteiger partial charge in [-0.25, -0.2) is 4.98 Å². The Labute approximate surface area is 196 Å². The van der Waals surface area contributed by atoms with Crippen LogP contribution < -0.4 is 4.74 Å². The van der Waals surface area contributed by atoms with Crippen molar-refractivity contribution < 1.29 is 14.6 Å². The summed E-state index contributed by atoms with van der Waals surface area (Å²) in [6.07, 6.45) is 4.67. The molecule has 1 aliphatic carbocycles. The standard InChI is InChI=1S/C28H34N2O3/c1-5-20-7-9-21(10-8-20)28-29-19(3)26(30(28)4)15-16-33-24-13-14-25-22(17-24)11-12-23(25)18-27(31)32-6-2/h5,7-10,13-14,17,23,27,31H,1,6,11-12,15-16,18H2,2-4H3/t23-,27?/m0/s1. The number of imidazole rings is 1. The summed E-state index contributed by atoms with van der Waals surface area (Å²) >= 11 is 0. The Bertz CT molecular complexity index is 1100. The van der Waals surface area contributed by atoms with Crippen LogP contribution in [0.3, 0.4) is 0 Å². The largest absolute Gasteiger partial charge is 0.493 e. The average Bonchev–Trinajstić information content (AvgIpc) is 3.34. The first-order valence-corrected chi connectivity index (χ1v) is 11.8. The topological polar surface area (TPSA) is 56.5 Å². The van der Waals surface area contributed by atoms with E-state index in [1.165, 1.54) is 16.8 Å².